The van der Waals surface area contributed by atoms with Gasteiger partial charge in [0.15, 0.2) is 11.6 Å². The normalized spacial score (nSPS) is 11.7. The Bertz CT molecular complexity index is 1700. The average Bonchev–Trinajstić information content (AvgIpc) is 3.03. The van der Waals surface area contributed by atoms with Crippen LogP contribution < -0.4 is 25.6 Å². The molecule has 0 unspecified atom stereocenters. The van der Waals surface area contributed by atoms with E-state index in [2.05, 4.69) is 16.0 Å². The van der Waals surface area contributed by atoms with Crippen molar-refractivity contribution < 1.29 is 41.1 Å². The molecule has 256 valence electrons. The SMILES string of the molecule is CNC(=O)Nc1ccc(N/C(CN(C)C)=C(\C(=N)N(C=O)Cc2c(F)cccc2C(F)(F)F)C(=O)N(C)c2cccc(OC)c2F)cc1. The van der Waals surface area contributed by atoms with E-state index in [-0.39, 0.29) is 30.1 Å². The number of hydrogen-bond acceptors (Lipinski definition) is 7. The number of halogens is 5. The fourth-order valence-electron chi connectivity index (χ4n) is 4.54. The number of urea groups is 1. The Morgan fingerprint density at radius 3 is 2.08 bits per heavy atom. The lowest BCUT2D eigenvalue weighted by molar-refractivity contribution is -0.139. The summed E-state index contributed by atoms with van der Waals surface area (Å²) < 4.78 is 76.6. The predicted octanol–water partition coefficient (Wildman–Crippen LogP) is 5.27. The van der Waals surface area contributed by atoms with Gasteiger partial charge in [0.05, 0.1) is 24.9 Å². The molecule has 0 bridgehead atoms. The molecule has 0 saturated heterocycles. The molecule has 4 amide bonds. The van der Waals surface area contributed by atoms with Gasteiger partial charge in [-0.15, -0.1) is 0 Å². The molecule has 0 radical (unpaired) electrons. The largest absolute Gasteiger partial charge is 0.494 e. The van der Waals surface area contributed by atoms with Gasteiger partial charge in [0, 0.05) is 43.3 Å². The van der Waals surface area contributed by atoms with Gasteiger partial charge in [-0.1, -0.05) is 12.1 Å². The molecule has 3 aromatic rings. The number of carbonyl (C=O) groups is 3. The summed E-state index contributed by atoms with van der Waals surface area (Å²) in [4.78, 5) is 41.2. The number of hydrogen-bond donors (Lipinski definition) is 4. The number of amides is 4. The highest BCUT2D eigenvalue weighted by Crippen LogP contribution is 2.34. The third kappa shape index (κ3) is 8.85. The highest BCUT2D eigenvalue weighted by Gasteiger charge is 2.36. The highest BCUT2D eigenvalue weighted by molar-refractivity contribution is 6.26. The Kier molecular flexibility index (Phi) is 12.2. The molecule has 0 saturated carbocycles. The lowest BCUT2D eigenvalue weighted by Crippen LogP contribution is -2.41. The summed E-state index contributed by atoms with van der Waals surface area (Å²) in [5.41, 5.74) is -2.38. The molecular weight excluding hydrogens is 641 g/mol. The van der Waals surface area contributed by atoms with Gasteiger partial charge in [0.1, 0.15) is 17.2 Å². The van der Waals surface area contributed by atoms with Crippen LogP contribution in [0.25, 0.3) is 0 Å². The van der Waals surface area contributed by atoms with Crippen LogP contribution >= 0.6 is 0 Å². The second-order valence-corrected chi connectivity index (χ2v) is 10.5. The summed E-state index contributed by atoms with van der Waals surface area (Å²) in [5, 5.41) is 17.0. The lowest BCUT2D eigenvalue weighted by atomic mass is 10.0. The van der Waals surface area contributed by atoms with E-state index < -0.39 is 58.8 Å². The third-order valence-corrected chi connectivity index (χ3v) is 6.89. The molecular formula is C32H34F5N7O4. The zero-order valence-corrected chi connectivity index (χ0v) is 26.6. The van der Waals surface area contributed by atoms with Gasteiger partial charge in [-0.3, -0.25) is 19.9 Å². The fraction of sp³-hybridized carbons (Fsp3) is 0.250. The Labute approximate surface area is 273 Å². The molecule has 0 fully saturated rings. The average molecular weight is 676 g/mol. The predicted molar refractivity (Wildman–Crippen MR) is 171 cm³/mol. The molecule has 48 heavy (non-hydrogen) atoms. The molecule has 3 rings (SSSR count). The first kappa shape index (κ1) is 37.0. The number of rotatable bonds is 12. The van der Waals surface area contributed by atoms with Gasteiger partial charge in [-0.25, -0.2) is 13.6 Å². The van der Waals surface area contributed by atoms with Crippen molar-refractivity contribution in [2.75, 3.05) is 57.4 Å². The monoisotopic (exact) mass is 675 g/mol. The second kappa shape index (κ2) is 15.9. The number of likely N-dealkylation sites (N-methyl/N-ethyl adjacent to an activating group) is 2. The maximum absolute atomic E-state index is 15.3. The van der Waals surface area contributed by atoms with E-state index in [1.54, 1.807) is 19.0 Å². The molecule has 0 spiro atoms. The summed E-state index contributed by atoms with van der Waals surface area (Å²) in [7, 11) is 7.11. The Hall–Kier alpha value is -5.51. The van der Waals surface area contributed by atoms with Crippen LogP contribution in [0, 0.1) is 17.0 Å². The molecule has 0 aliphatic rings. The smallest absolute Gasteiger partial charge is 0.416 e. The second-order valence-electron chi connectivity index (χ2n) is 10.5. The van der Waals surface area contributed by atoms with E-state index >= 15 is 4.39 Å². The number of alkyl halides is 3. The van der Waals surface area contributed by atoms with Crippen molar-refractivity contribution in [3.8, 4) is 5.75 Å². The summed E-state index contributed by atoms with van der Waals surface area (Å²) >= 11 is 0. The summed E-state index contributed by atoms with van der Waals surface area (Å²) in [6, 6.07) is 11.9. The first-order valence-corrected chi connectivity index (χ1v) is 14.1. The summed E-state index contributed by atoms with van der Waals surface area (Å²) in [6.45, 7) is -1.16. The standard InChI is InChI=1S/C32H34F5N7O4/c1-39-31(47)41-20-14-12-19(13-15-20)40-24(17-42(2)3)27(30(46)43(4)25-10-7-11-26(48-5)28(25)34)29(38)44(18-45)16-21-22(32(35,36)37)8-6-9-23(21)33/h6-15,18,38,40H,16-17H2,1-5H3,(H2,39,41,47)/b27-24+,38-29?. The minimum Gasteiger partial charge on any atom is -0.494 e. The molecule has 3 aromatic carbocycles. The number of anilines is 3. The summed E-state index contributed by atoms with van der Waals surface area (Å²) in [5.74, 6) is -4.33. The molecule has 0 aliphatic carbocycles. The van der Waals surface area contributed by atoms with Crippen molar-refractivity contribution in [3.63, 3.8) is 0 Å². The van der Waals surface area contributed by atoms with Gasteiger partial charge in [0.25, 0.3) is 5.91 Å². The number of carbonyl (C=O) groups excluding carboxylic acids is 3. The van der Waals surface area contributed by atoms with Crippen molar-refractivity contribution in [2.45, 2.75) is 12.7 Å². The van der Waals surface area contributed by atoms with E-state index in [9.17, 15) is 31.9 Å². The van der Waals surface area contributed by atoms with E-state index in [0.717, 1.165) is 17.0 Å². The zero-order chi connectivity index (χ0) is 35.8. The first-order valence-electron chi connectivity index (χ1n) is 14.1. The maximum atomic E-state index is 15.3. The Morgan fingerprint density at radius 2 is 1.54 bits per heavy atom. The van der Waals surface area contributed by atoms with Crippen LogP contribution in [0.4, 0.5) is 43.8 Å². The minimum absolute atomic E-state index is 0.000850. The molecule has 0 heterocycles. The zero-order valence-electron chi connectivity index (χ0n) is 26.6. The molecule has 16 heteroatoms. The van der Waals surface area contributed by atoms with E-state index in [1.165, 1.54) is 63.7 Å². The molecule has 4 N–H and O–H groups in total. The van der Waals surface area contributed by atoms with E-state index in [0.29, 0.717) is 22.3 Å². The van der Waals surface area contributed by atoms with Crippen LogP contribution in [-0.2, 0) is 22.3 Å². The highest BCUT2D eigenvalue weighted by atomic mass is 19.4. The van der Waals surface area contributed by atoms with Gasteiger partial charge in [0.2, 0.25) is 6.41 Å². The van der Waals surface area contributed by atoms with Gasteiger partial charge < -0.3 is 30.5 Å². The molecule has 0 atom stereocenters. The Morgan fingerprint density at radius 1 is 0.938 bits per heavy atom. The van der Waals surface area contributed by atoms with Gasteiger partial charge >= 0.3 is 12.2 Å². The lowest BCUT2D eigenvalue weighted by Gasteiger charge is -2.28. The number of benzene rings is 3. The van der Waals surface area contributed by atoms with Crippen LogP contribution in [-0.4, -0.2) is 75.8 Å². The number of nitrogens with one attached hydrogen (secondary N) is 4. The van der Waals surface area contributed by atoms with Crippen LogP contribution in [0.15, 0.2) is 71.9 Å². The fourth-order valence-corrected chi connectivity index (χ4v) is 4.54. The molecule has 0 aliphatic heterocycles. The minimum atomic E-state index is -5.00. The maximum Gasteiger partial charge on any atom is 0.416 e. The first-order chi connectivity index (χ1) is 22.6. The van der Waals surface area contributed by atoms with E-state index in [4.69, 9.17) is 10.1 Å². The van der Waals surface area contributed by atoms with Crippen LogP contribution in [0.1, 0.15) is 11.1 Å². The molecule has 11 nitrogen and oxygen atoms in total. The van der Waals surface area contributed by atoms with E-state index in [1.807, 2.05) is 0 Å². The number of ether oxygens (including phenoxy) is 1. The third-order valence-electron chi connectivity index (χ3n) is 6.89. The topological polar surface area (TPSA) is 130 Å². The van der Waals surface area contributed by atoms with Crippen molar-refractivity contribution >= 4 is 41.2 Å². The van der Waals surface area contributed by atoms with Gasteiger partial charge in [-0.05, 0) is 62.6 Å². The van der Waals surface area contributed by atoms with Gasteiger partial charge in [-0.2, -0.15) is 13.2 Å². The Balaban J connectivity index is 2.21. The van der Waals surface area contributed by atoms with Crippen molar-refractivity contribution in [3.05, 3.63) is 94.7 Å². The van der Waals surface area contributed by atoms with Crippen molar-refractivity contribution in [2.24, 2.45) is 0 Å². The van der Waals surface area contributed by atoms with Crippen LogP contribution in [0.5, 0.6) is 5.75 Å². The number of amidine groups is 1. The molecule has 0 aromatic heterocycles. The van der Waals surface area contributed by atoms with Crippen molar-refractivity contribution in [1.29, 1.82) is 5.41 Å². The van der Waals surface area contributed by atoms with Crippen LogP contribution in [0.2, 0.25) is 0 Å². The van der Waals surface area contributed by atoms with Crippen LogP contribution in [0.3, 0.4) is 0 Å². The summed E-state index contributed by atoms with van der Waals surface area (Å²) in [6.07, 6.45) is -5.00. The van der Waals surface area contributed by atoms with Crippen molar-refractivity contribution in [1.82, 2.24) is 15.1 Å². The quantitative estimate of drug-likeness (QED) is 0.0681. The number of nitrogens with zero attached hydrogens (tertiary/aromatic N) is 3. The number of methoxy groups -OCH3 is 1.